The van der Waals surface area contributed by atoms with E-state index < -0.39 is 35.4 Å². The predicted molar refractivity (Wildman–Crippen MR) is 167 cm³/mol. The summed E-state index contributed by atoms with van der Waals surface area (Å²) in [5, 5.41) is 21.2. The smallest absolute Gasteiger partial charge is 0.132 e. The molecule has 7 atom stereocenters. The molecule has 3 aliphatic rings. The predicted octanol–water partition coefficient (Wildman–Crippen LogP) is 6.45. The van der Waals surface area contributed by atoms with Crippen molar-refractivity contribution >= 4 is 23.4 Å². The van der Waals surface area contributed by atoms with Gasteiger partial charge < -0.3 is 24.4 Å². The maximum atomic E-state index is 14.2. The van der Waals surface area contributed by atoms with Gasteiger partial charge in [-0.25, -0.2) is 8.78 Å². The second kappa shape index (κ2) is 14.0. The van der Waals surface area contributed by atoms with Crippen molar-refractivity contribution in [2.24, 2.45) is 0 Å². The summed E-state index contributed by atoms with van der Waals surface area (Å²) in [6.45, 7) is 2.19. The summed E-state index contributed by atoms with van der Waals surface area (Å²) in [4.78, 5) is 2.38. The van der Waals surface area contributed by atoms with E-state index in [-0.39, 0.29) is 18.2 Å². The summed E-state index contributed by atoms with van der Waals surface area (Å²) in [6, 6.07) is 17.6. The van der Waals surface area contributed by atoms with Crippen LogP contribution in [0.4, 0.5) is 8.78 Å². The minimum Gasteiger partial charge on any atom is -0.489 e. The fraction of sp³-hybridized carbons (Fsp3) is 0.471. The molecule has 0 aliphatic carbocycles. The first kappa shape index (κ1) is 31.7. The third-order valence-corrected chi connectivity index (χ3v) is 10.2. The van der Waals surface area contributed by atoms with Gasteiger partial charge in [-0.05, 0) is 85.0 Å². The van der Waals surface area contributed by atoms with Crippen molar-refractivity contribution in [2.45, 2.75) is 74.1 Å². The van der Waals surface area contributed by atoms with Crippen LogP contribution in [0.2, 0.25) is 5.02 Å². The first-order valence-electron chi connectivity index (χ1n) is 15.2. The van der Waals surface area contributed by atoms with Crippen LogP contribution in [0.5, 0.6) is 5.75 Å². The first-order chi connectivity index (χ1) is 21.3. The standard InChI is InChI=1S/C34H38ClF2NO5S/c1-44-34-33(40)30(39)17-32(43-34)21-4-9-28(35)22(15-21)14-20-2-7-25(8-3-20)42-26-12-13-38(18-26)24-6-11-31(41-19-24)27-16-23(36)5-10-29(27)37/h2-5,7-10,15-16,24,26,30-34,39-40H,6,11-14,17-19H2,1H3/t24-,26+,30+,31-,32+,33-,34+/m0/s1. The molecule has 3 aromatic carbocycles. The van der Waals surface area contributed by atoms with Crippen LogP contribution in [0.1, 0.15) is 60.1 Å². The van der Waals surface area contributed by atoms with E-state index in [2.05, 4.69) is 4.90 Å². The number of rotatable bonds is 8. The van der Waals surface area contributed by atoms with Gasteiger partial charge in [0, 0.05) is 36.1 Å². The SMILES string of the molecule is CS[C@H]1O[C@@H](c2ccc(Cl)c(Cc3ccc(O[C@@H]4CCN([C@H]5CC[C@@H](c6cc(F)ccc6F)OC5)C4)cc3)c2)C[C@@H](O)[C@@H]1O. The van der Waals surface area contributed by atoms with Crippen LogP contribution in [0, 0.1) is 11.6 Å². The Labute approximate surface area is 266 Å². The van der Waals surface area contributed by atoms with E-state index in [1.807, 2.05) is 48.7 Å². The molecule has 0 unspecified atom stereocenters. The lowest BCUT2D eigenvalue weighted by Gasteiger charge is -2.36. The lowest BCUT2D eigenvalue weighted by molar-refractivity contribution is -0.137. The molecule has 3 aromatic rings. The first-order valence-corrected chi connectivity index (χ1v) is 16.8. The molecule has 6 nitrogen and oxygen atoms in total. The van der Waals surface area contributed by atoms with E-state index in [1.54, 1.807) is 0 Å². The molecular weight excluding hydrogens is 608 g/mol. The highest BCUT2D eigenvalue weighted by Crippen LogP contribution is 2.37. The van der Waals surface area contributed by atoms with Crippen molar-refractivity contribution in [1.29, 1.82) is 0 Å². The maximum absolute atomic E-state index is 14.2. The molecule has 236 valence electrons. The van der Waals surface area contributed by atoms with Crippen LogP contribution < -0.4 is 4.74 Å². The molecule has 2 N–H and O–H groups in total. The third kappa shape index (κ3) is 7.25. The topological polar surface area (TPSA) is 71.4 Å². The summed E-state index contributed by atoms with van der Waals surface area (Å²) < 4.78 is 46.2. The zero-order valence-electron chi connectivity index (χ0n) is 24.6. The molecule has 0 amide bonds. The number of aliphatic hydroxyl groups is 2. The average molecular weight is 646 g/mol. The summed E-state index contributed by atoms with van der Waals surface area (Å²) in [7, 11) is 0. The lowest BCUT2D eigenvalue weighted by atomic mass is 9.95. The Morgan fingerprint density at radius 1 is 1.00 bits per heavy atom. The van der Waals surface area contributed by atoms with Crippen LogP contribution in [0.15, 0.2) is 60.7 Å². The van der Waals surface area contributed by atoms with Crippen molar-refractivity contribution in [3.8, 4) is 5.75 Å². The fourth-order valence-electron chi connectivity index (χ4n) is 6.49. The number of aliphatic hydroxyl groups excluding tert-OH is 2. The van der Waals surface area contributed by atoms with Gasteiger partial charge in [-0.3, -0.25) is 4.90 Å². The molecule has 0 radical (unpaired) electrons. The zero-order valence-corrected chi connectivity index (χ0v) is 26.2. The zero-order chi connectivity index (χ0) is 30.8. The fourth-order valence-corrected chi connectivity index (χ4v) is 7.38. The van der Waals surface area contributed by atoms with E-state index in [9.17, 15) is 19.0 Å². The van der Waals surface area contributed by atoms with Gasteiger partial charge in [0.25, 0.3) is 0 Å². The monoisotopic (exact) mass is 645 g/mol. The van der Waals surface area contributed by atoms with Crippen molar-refractivity contribution in [1.82, 2.24) is 4.90 Å². The van der Waals surface area contributed by atoms with E-state index in [4.69, 9.17) is 25.8 Å². The summed E-state index contributed by atoms with van der Waals surface area (Å²) in [5.74, 6) is -0.0587. The van der Waals surface area contributed by atoms with Gasteiger partial charge in [-0.2, -0.15) is 0 Å². The van der Waals surface area contributed by atoms with Crippen molar-refractivity contribution in [3.63, 3.8) is 0 Å². The Morgan fingerprint density at radius 3 is 2.57 bits per heavy atom. The molecule has 3 aliphatic heterocycles. The van der Waals surface area contributed by atoms with Crippen LogP contribution in [0.25, 0.3) is 0 Å². The van der Waals surface area contributed by atoms with Crippen molar-refractivity contribution in [3.05, 3.63) is 99.6 Å². The Bertz CT molecular complexity index is 1420. The lowest BCUT2D eigenvalue weighted by Crippen LogP contribution is -2.43. The number of hydrogen-bond acceptors (Lipinski definition) is 7. The summed E-state index contributed by atoms with van der Waals surface area (Å²) in [5.41, 5.74) is 2.80. The molecule has 0 bridgehead atoms. The maximum Gasteiger partial charge on any atom is 0.132 e. The van der Waals surface area contributed by atoms with Crippen molar-refractivity contribution < 1.29 is 33.2 Å². The molecule has 44 heavy (non-hydrogen) atoms. The van der Waals surface area contributed by atoms with Crippen LogP contribution in [0.3, 0.4) is 0 Å². The minimum atomic E-state index is -0.907. The third-order valence-electron chi connectivity index (χ3n) is 8.97. The Kier molecular flexibility index (Phi) is 10.1. The molecule has 0 saturated carbocycles. The highest BCUT2D eigenvalue weighted by Gasteiger charge is 2.37. The number of benzene rings is 3. The van der Waals surface area contributed by atoms with Crippen molar-refractivity contribution in [2.75, 3.05) is 26.0 Å². The molecule has 0 aromatic heterocycles. The highest BCUT2D eigenvalue weighted by molar-refractivity contribution is 7.99. The molecule has 3 fully saturated rings. The van der Waals surface area contributed by atoms with E-state index in [1.165, 1.54) is 17.8 Å². The number of nitrogens with zero attached hydrogens (tertiary/aromatic N) is 1. The normalized spacial score (nSPS) is 29.5. The van der Waals surface area contributed by atoms with Gasteiger partial charge in [0.05, 0.1) is 24.9 Å². The van der Waals surface area contributed by atoms with Gasteiger partial charge in [0.15, 0.2) is 0 Å². The van der Waals surface area contributed by atoms with Gasteiger partial charge in [-0.1, -0.05) is 35.9 Å². The van der Waals surface area contributed by atoms with Crippen LogP contribution in [-0.2, 0) is 15.9 Å². The molecule has 3 saturated heterocycles. The quantitative estimate of drug-likeness (QED) is 0.292. The van der Waals surface area contributed by atoms with Gasteiger partial charge in [-0.15, -0.1) is 11.8 Å². The van der Waals surface area contributed by atoms with Gasteiger partial charge in [0.2, 0.25) is 0 Å². The highest BCUT2D eigenvalue weighted by atomic mass is 35.5. The second-order valence-electron chi connectivity index (χ2n) is 11.9. The second-order valence-corrected chi connectivity index (χ2v) is 13.3. The molecule has 10 heteroatoms. The Morgan fingerprint density at radius 2 is 1.82 bits per heavy atom. The number of halogens is 3. The summed E-state index contributed by atoms with van der Waals surface area (Å²) in [6.07, 6.45) is 2.83. The van der Waals surface area contributed by atoms with E-state index in [0.717, 1.165) is 60.5 Å². The van der Waals surface area contributed by atoms with Crippen LogP contribution in [-0.4, -0.2) is 70.9 Å². The molecule has 0 spiro atoms. The summed E-state index contributed by atoms with van der Waals surface area (Å²) >= 11 is 7.95. The Balaban J connectivity index is 1.01. The van der Waals surface area contributed by atoms with Gasteiger partial charge >= 0.3 is 0 Å². The molecule has 6 rings (SSSR count). The van der Waals surface area contributed by atoms with Gasteiger partial charge in [0.1, 0.15) is 35.0 Å². The Hall–Kier alpha value is -2.24. The van der Waals surface area contributed by atoms with Crippen LogP contribution >= 0.6 is 23.4 Å². The average Bonchev–Trinajstić information content (AvgIpc) is 3.50. The minimum absolute atomic E-state index is 0.0693. The van der Waals surface area contributed by atoms with E-state index >= 15 is 0 Å². The molecule has 3 heterocycles. The number of likely N-dealkylation sites (tertiary alicyclic amines) is 1. The number of ether oxygens (including phenoxy) is 3. The molecular formula is C34H38ClF2NO5S. The number of hydrogen-bond donors (Lipinski definition) is 2. The van der Waals surface area contributed by atoms with E-state index in [0.29, 0.717) is 36.5 Å². The number of thioether (sulfide) groups is 1. The largest absolute Gasteiger partial charge is 0.489 e.